The molecule has 2 atom stereocenters. The molecule has 16 heavy (non-hydrogen) atoms. The molecule has 1 aromatic heterocycles. The fraction of sp³-hybridized carbons (Fsp3) is 0.714. The molecule has 2 bridgehead atoms. The molecule has 1 N–H and O–H groups in total. The first-order chi connectivity index (χ1) is 7.86. The van der Waals surface area contributed by atoms with Gasteiger partial charge in [-0.2, -0.15) is 0 Å². The van der Waals surface area contributed by atoms with Crippen LogP contribution >= 0.6 is 11.3 Å². The number of fused-ring (bicyclic) bond motifs is 4. The fourth-order valence-corrected chi connectivity index (χ4v) is 5.57. The Balaban J connectivity index is 1.78. The molecule has 0 amide bonds. The van der Waals surface area contributed by atoms with Crippen LogP contribution in [0.1, 0.15) is 42.5 Å². The van der Waals surface area contributed by atoms with E-state index in [0.717, 1.165) is 11.8 Å². The van der Waals surface area contributed by atoms with Gasteiger partial charge in [-0.3, -0.25) is 0 Å². The quantitative estimate of drug-likeness (QED) is 0.725. The second-order valence-corrected chi connectivity index (χ2v) is 6.90. The topological polar surface area (TPSA) is 12.0 Å². The lowest BCUT2D eigenvalue weighted by atomic mass is 9.72. The van der Waals surface area contributed by atoms with Crippen molar-refractivity contribution >= 4 is 11.3 Å². The van der Waals surface area contributed by atoms with Gasteiger partial charge in [0, 0.05) is 11.4 Å². The SMILES string of the molecule is c1cc2c(s1)C1(CC3CCC(C3)C1)NCC2. The molecule has 3 aliphatic rings. The van der Waals surface area contributed by atoms with Gasteiger partial charge in [0.2, 0.25) is 0 Å². The summed E-state index contributed by atoms with van der Waals surface area (Å²) < 4.78 is 0. The molecule has 0 radical (unpaired) electrons. The molecule has 86 valence electrons. The van der Waals surface area contributed by atoms with Gasteiger partial charge in [-0.15, -0.1) is 11.3 Å². The third-order valence-electron chi connectivity index (χ3n) is 4.96. The zero-order valence-electron chi connectivity index (χ0n) is 9.67. The van der Waals surface area contributed by atoms with Gasteiger partial charge in [0.25, 0.3) is 0 Å². The van der Waals surface area contributed by atoms with Crippen LogP contribution in [0.5, 0.6) is 0 Å². The van der Waals surface area contributed by atoms with Crippen LogP contribution in [0.25, 0.3) is 0 Å². The molecular weight excluding hydrogens is 214 g/mol. The summed E-state index contributed by atoms with van der Waals surface area (Å²) in [5.74, 6) is 2.03. The van der Waals surface area contributed by atoms with Crippen molar-refractivity contribution < 1.29 is 0 Å². The van der Waals surface area contributed by atoms with Crippen LogP contribution in [-0.4, -0.2) is 6.54 Å². The summed E-state index contributed by atoms with van der Waals surface area (Å²) >= 11 is 2.00. The van der Waals surface area contributed by atoms with E-state index in [2.05, 4.69) is 16.8 Å². The Morgan fingerprint density at radius 1 is 1.25 bits per heavy atom. The van der Waals surface area contributed by atoms with Gasteiger partial charge in [-0.25, -0.2) is 0 Å². The molecule has 2 heterocycles. The van der Waals surface area contributed by atoms with Crippen molar-refractivity contribution in [2.75, 3.05) is 6.54 Å². The Morgan fingerprint density at radius 2 is 2.06 bits per heavy atom. The van der Waals surface area contributed by atoms with Crippen LogP contribution in [0.3, 0.4) is 0 Å². The molecule has 0 saturated heterocycles. The van der Waals surface area contributed by atoms with E-state index in [-0.39, 0.29) is 0 Å². The van der Waals surface area contributed by atoms with Crippen molar-refractivity contribution in [1.82, 2.24) is 5.32 Å². The summed E-state index contributed by atoms with van der Waals surface area (Å²) in [7, 11) is 0. The molecule has 2 fully saturated rings. The maximum atomic E-state index is 3.89. The standard InChI is InChI=1S/C14H19NS/c1-2-11-7-10(1)8-14(9-11)13-12(3-5-15-14)4-6-16-13/h4,6,10-11,15H,1-3,5,7-9H2. The number of thiophene rings is 1. The Bertz CT molecular complexity index is 397. The lowest BCUT2D eigenvalue weighted by molar-refractivity contribution is 0.168. The molecular formula is C14H19NS. The van der Waals surface area contributed by atoms with Gasteiger partial charge in [0.1, 0.15) is 0 Å². The maximum Gasteiger partial charge on any atom is 0.0536 e. The van der Waals surface area contributed by atoms with Gasteiger partial charge in [-0.05, 0) is 54.5 Å². The summed E-state index contributed by atoms with van der Waals surface area (Å²) in [6.45, 7) is 1.20. The number of nitrogens with one attached hydrogen (secondary N) is 1. The molecule has 1 aliphatic heterocycles. The first kappa shape index (κ1) is 9.67. The molecule has 2 heteroatoms. The van der Waals surface area contributed by atoms with Crippen molar-refractivity contribution in [3.05, 3.63) is 21.9 Å². The van der Waals surface area contributed by atoms with Crippen molar-refractivity contribution in [2.45, 2.75) is 44.1 Å². The molecule has 0 aromatic carbocycles. The molecule has 1 aromatic rings. The molecule has 2 saturated carbocycles. The summed E-state index contributed by atoms with van der Waals surface area (Å²) in [6, 6.07) is 2.36. The molecule has 2 aliphatic carbocycles. The van der Waals surface area contributed by atoms with Crippen molar-refractivity contribution in [1.29, 1.82) is 0 Å². The minimum absolute atomic E-state index is 0.395. The van der Waals surface area contributed by atoms with Crippen LogP contribution in [0.2, 0.25) is 0 Å². The minimum atomic E-state index is 0.395. The Hall–Kier alpha value is -0.340. The number of hydrogen-bond acceptors (Lipinski definition) is 2. The van der Waals surface area contributed by atoms with Gasteiger partial charge < -0.3 is 5.32 Å². The second-order valence-electron chi connectivity index (χ2n) is 5.99. The van der Waals surface area contributed by atoms with Gasteiger partial charge >= 0.3 is 0 Å². The van der Waals surface area contributed by atoms with Crippen molar-refractivity contribution in [3.63, 3.8) is 0 Å². The molecule has 1 nitrogen and oxygen atoms in total. The fourth-order valence-electron chi connectivity index (χ4n) is 4.42. The van der Waals surface area contributed by atoms with E-state index in [0.29, 0.717) is 5.54 Å². The summed E-state index contributed by atoms with van der Waals surface area (Å²) in [6.07, 6.45) is 8.58. The molecule has 2 unspecified atom stereocenters. The second kappa shape index (κ2) is 3.33. The first-order valence-corrected chi connectivity index (χ1v) is 7.56. The van der Waals surface area contributed by atoms with E-state index >= 15 is 0 Å². The Labute approximate surface area is 101 Å². The van der Waals surface area contributed by atoms with Crippen LogP contribution in [0.15, 0.2) is 11.4 Å². The zero-order valence-corrected chi connectivity index (χ0v) is 10.5. The monoisotopic (exact) mass is 233 g/mol. The van der Waals surface area contributed by atoms with Crippen LogP contribution in [0, 0.1) is 11.8 Å². The Morgan fingerprint density at radius 3 is 2.88 bits per heavy atom. The average Bonchev–Trinajstić information content (AvgIpc) is 2.87. The third kappa shape index (κ3) is 1.26. The van der Waals surface area contributed by atoms with Crippen LogP contribution in [0.4, 0.5) is 0 Å². The van der Waals surface area contributed by atoms with Crippen molar-refractivity contribution in [2.24, 2.45) is 11.8 Å². The maximum absolute atomic E-state index is 3.89. The average molecular weight is 233 g/mol. The van der Waals surface area contributed by atoms with E-state index in [1.54, 1.807) is 10.4 Å². The Kier molecular flexibility index (Phi) is 2.01. The smallest absolute Gasteiger partial charge is 0.0536 e. The predicted molar refractivity (Wildman–Crippen MR) is 67.8 cm³/mol. The predicted octanol–water partition coefficient (Wildman–Crippen LogP) is 3.30. The van der Waals surface area contributed by atoms with E-state index in [4.69, 9.17) is 0 Å². The number of rotatable bonds is 0. The largest absolute Gasteiger partial charge is 0.306 e. The number of hydrogen-bond donors (Lipinski definition) is 1. The van der Waals surface area contributed by atoms with Gasteiger partial charge in [-0.1, -0.05) is 12.8 Å². The highest BCUT2D eigenvalue weighted by Crippen LogP contribution is 2.53. The lowest BCUT2D eigenvalue weighted by Gasteiger charge is -2.44. The summed E-state index contributed by atoms with van der Waals surface area (Å²) in [4.78, 5) is 1.69. The van der Waals surface area contributed by atoms with Crippen LogP contribution < -0.4 is 5.32 Å². The third-order valence-corrected chi connectivity index (χ3v) is 6.12. The zero-order chi connectivity index (χ0) is 10.6. The normalized spacial score (nSPS) is 41.2. The molecule has 1 spiro atoms. The van der Waals surface area contributed by atoms with Crippen LogP contribution in [-0.2, 0) is 12.0 Å². The highest BCUT2D eigenvalue weighted by Gasteiger charge is 2.47. The first-order valence-electron chi connectivity index (χ1n) is 6.68. The van der Waals surface area contributed by atoms with Crippen molar-refractivity contribution in [3.8, 4) is 0 Å². The van der Waals surface area contributed by atoms with Gasteiger partial charge in [0.05, 0.1) is 5.54 Å². The summed E-state index contributed by atoms with van der Waals surface area (Å²) in [5.41, 5.74) is 2.04. The van der Waals surface area contributed by atoms with E-state index in [9.17, 15) is 0 Å². The van der Waals surface area contributed by atoms with E-state index < -0.39 is 0 Å². The summed E-state index contributed by atoms with van der Waals surface area (Å²) in [5, 5.41) is 6.19. The lowest BCUT2D eigenvalue weighted by Crippen LogP contribution is -2.49. The van der Waals surface area contributed by atoms with E-state index in [1.165, 1.54) is 45.1 Å². The minimum Gasteiger partial charge on any atom is -0.306 e. The van der Waals surface area contributed by atoms with Gasteiger partial charge in [0.15, 0.2) is 0 Å². The highest BCUT2D eigenvalue weighted by molar-refractivity contribution is 7.10. The van der Waals surface area contributed by atoms with E-state index in [1.807, 2.05) is 11.3 Å². The highest BCUT2D eigenvalue weighted by atomic mass is 32.1. The molecule has 4 rings (SSSR count).